The summed E-state index contributed by atoms with van der Waals surface area (Å²) in [4.78, 5) is 32.0. The molecule has 2 aromatic heterocycles. The van der Waals surface area contributed by atoms with Gasteiger partial charge in [0.1, 0.15) is 5.52 Å². The van der Waals surface area contributed by atoms with Crippen molar-refractivity contribution in [3.8, 4) is 0 Å². The first kappa shape index (κ1) is 15.3. The third-order valence-corrected chi connectivity index (χ3v) is 3.70. The van der Waals surface area contributed by atoms with Crippen LogP contribution in [0.15, 0.2) is 28.1 Å². The number of nitrogens with zero attached hydrogens (tertiary/aromatic N) is 3. The van der Waals surface area contributed by atoms with E-state index in [2.05, 4.69) is 23.5 Å². The van der Waals surface area contributed by atoms with Gasteiger partial charge in [0.15, 0.2) is 5.65 Å². The number of hydrogen-bond acceptors (Lipinski definition) is 3. The van der Waals surface area contributed by atoms with Gasteiger partial charge < -0.3 is 4.98 Å². The third-order valence-electron chi connectivity index (χ3n) is 3.70. The molecule has 0 saturated carbocycles. The molecule has 1 N–H and O–H groups in total. The summed E-state index contributed by atoms with van der Waals surface area (Å²) in [6.45, 7) is 7.93. The second-order valence-electron chi connectivity index (χ2n) is 5.58. The molecule has 0 aliphatic carbocycles. The van der Waals surface area contributed by atoms with Gasteiger partial charge in [-0.25, -0.2) is 9.78 Å². The highest BCUT2D eigenvalue weighted by Gasteiger charge is 2.20. The number of aromatic nitrogens is 4. The van der Waals surface area contributed by atoms with Crippen LogP contribution in [0.4, 0.5) is 0 Å². The minimum Gasteiger partial charge on any atom is -0.339 e. The van der Waals surface area contributed by atoms with Crippen LogP contribution in [0, 0.1) is 0 Å². The number of aryl methyl sites for hydroxylation is 1. The molecule has 1 atom stereocenters. The van der Waals surface area contributed by atoms with Gasteiger partial charge in [-0.15, -0.1) is 6.58 Å². The van der Waals surface area contributed by atoms with Gasteiger partial charge in [-0.1, -0.05) is 25.3 Å². The van der Waals surface area contributed by atoms with Crippen LogP contribution in [0.25, 0.3) is 11.2 Å². The quantitative estimate of drug-likeness (QED) is 0.828. The van der Waals surface area contributed by atoms with E-state index in [-0.39, 0.29) is 17.3 Å². The molecule has 6 nitrogen and oxygen atoms in total. The van der Waals surface area contributed by atoms with Crippen LogP contribution in [-0.2, 0) is 7.05 Å². The van der Waals surface area contributed by atoms with Crippen LogP contribution in [0.3, 0.4) is 0 Å². The topological polar surface area (TPSA) is 72.7 Å². The van der Waals surface area contributed by atoms with Crippen LogP contribution >= 0.6 is 0 Å². The van der Waals surface area contributed by atoms with E-state index in [9.17, 15) is 9.59 Å². The Morgan fingerprint density at radius 3 is 2.81 bits per heavy atom. The summed E-state index contributed by atoms with van der Waals surface area (Å²) in [5.74, 6) is 0. The Hall–Kier alpha value is -2.11. The summed E-state index contributed by atoms with van der Waals surface area (Å²) in [5, 5.41) is 0. The Morgan fingerprint density at radius 1 is 1.48 bits per heavy atom. The molecule has 2 heterocycles. The molecule has 1 unspecified atom stereocenters. The van der Waals surface area contributed by atoms with E-state index in [0.717, 1.165) is 24.8 Å². The Balaban J connectivity index is 2.63. The van der Waals surface area contributed by atoms with Crippen molar-refractivity contribution in [3.63, 3.8) is 0 Å². The smallest absolute Gasteiger partial charge is 0.332 e. The van der Waals surface area contributed by atoms with Crippen LogP contribution in [0.1, 0.15) is 45.6 Å². The molecule has 0 aromatic carbocycles. The lowest BCUT2D eigenvalue weighted by atomic mass is 10.0. The molecule has 114 valence electrons. The molecule has 0 aliphatic heterocycles. The molecule has 0 amide bonds. The van der Waals surface area contributed by atoms with E-state index >= 15 is 0 Å². The molecule has 21 heavy (non-hydrogen) atoms. The summed E-state index contributed by atoms with van der Waals surface area (Å²) in [5.41, 5.74) is 1.12. The molecule has 0 spiro atoms. The maximum Gasteiger partial charge on any atom is 0.332 e. The normalized spacial score (nSPS) is 12.7. The zero-order valence-electron chi connectivity index (χ0n) is 12.8. The summed E-state index contributed by atoms with van der Waals surface area (Å²) in [6.07, 6.45) is 4.85. The van der Waals surface area contributed by atoms with E-state index in [1.807, 2.05) is 6.92 Å². The number of nitrogens with one attached hydrogen (secondary N) is 1. The van der Waals surface area contributed by atoms with Gasteiger partial charge in [0.25, 0.3) is 5.56 Å². The number of imidazole rings is 1. The number of H-pyrrole nitrogens is 1. The molecule has 0 bridgehead atoms. The minimum atomic E-state index is -0.318. The largest absolute Gasteiger partial charge is 0.339 e. The van der Waals surface area contributed by atoms with E-state index in [1.165, 1.54) is 15.5 Å². The highest BCUT2D eigenvalue weighted by molar-refractivity contribution is 5.68. The van der Waals surface area contributed by atoms with E-state index in [4.69, 9.17) is 0 Å². The maximum absolute atomic E-state index is 12.6. The number of aromatic amines is 1. The average Bonchev–Trinajstić information content (AvgIpc) is 2.91. The van der Waals surface area contributed by atoms with E-state index < -0.39 is 0 Å². The number of rotatable bonds is 6. The Kier molecular flexibility index (Phi) is 4.45. The average molecular weight is 290 g/mol. The SMILES string of the molecule is C=C(C)CC(CCCC)n1c(=O)c2[nH]cnc2n(C)c1=O. The van der Waals surface area contributed by atoms with Crippen molar-refractivity contribution < 1.29 is 0 Å². The van der Waals surface area contributed by atoms with Crippen molar-refractivity contribution in [1.29, 1.82) is 0 Å². The van der Waals surface area contributed by atoms with Crippen molar-refractivity contribution in [1.82, 2.24) is 19.1 Å². The lowest BCUT2D eigenvalue weighted by Crippen LogP contribution is -2.41. The van der Waals surface area contributed by atoms with E-state index in [0.29, 0.717) is 17.6 Å². The van der Waals surface area contributed by atoms with Crippen LogP contribution in [0.2, 0.25) is 0 Å². The summed E-state index contributed by atoms with van der Waals surface area (Å²) >= 11 is 0. The second kappa shape index (κ2) is 6.11. The number of unbranched alkanes of at least 4 members (excludes halogenated alkanes) is 1. The maximum atomic E-state index is 12.6. The molecule has 6 heteroatoms. The number of hydrogen-bond donors (Lipinski definition) is 1. The zero-order valence-corrected chi connectivity index (χ0v) is 12.8. The summed E-state index contributed by atoms with van der Waals surface area (Å²) in [6, 6.07) is -0.152. The molecule has 0 fully saturated rings. The Bertz CT molecular complexity index is 766. The highest BCUT2D eigenvalue weighted by atomic mass is 16.2. The first-order valence-corrected chi connectivity index (χ1v) is 7.26. The molecular formula is C15H22N4O2. The van der Waals surface area contributed by atoms with Gasteiger partial charge in [-0.05, 0) is 19.8 Å². The van der Waals surface area contributed by atoms with Gasteiger partial charge in [0.05, 0.1) is 6.33 Å². The molecule has 2 rings (SSSR count). The molecule has 0 radical (unpaired) electrons. The zero-order chi connectivity index (χ0) is 15.6. The lowest BCUT2D eigenvalue weighted by Gasteiger charge is -2.19. The van der Waals surface area contributed by atoms with Crippen LogP contribution in [-0.4, -0.2) is 19.1 Å². The predicted octanol–water partition coefficient (Wildman–Crippen LogP) is 2.12. The minimum absolute atomic E-state index is 0.152. The van der Waals surface area contributed by atoms with Crippen molar-refractivity contribution in [2.75, 3.05) is 0 Å². The predicted molar refractivity (Wildman–Crippen MR) is 83.6 cm³/mol. The third kappa shape index (κ3) is 2.84. The van der Waals surface area contributed by atoms with Gasteiger partial charge in [-0.3, -0.25) is 13.9 Å². The fourth-order valence-corrected chi connectivity index (χ4v) is 2.64. The summed E-state index contributed by atoms with van der Waals surface area (Å²) < 4.78 is 2.77. The first-order chi connectivity index (χ1) is 9.97. The van der Waals surface area contributed by atoms with Crippen molar-refractivity contribution in [2.24, 2.45) is 7.05 Å². The monoisotopic (exact) mass is 290 g/mol. The fourth-order valence-electron chi connectivity index (χ4n) is 2.64. The summed E-state index contributed by atoms with van der Waals surface area (Å²) in [7, 11) is 1.64. The standard InChI is InChI=1S/C15H22N4O2/c1-5-6-7-11(8-10(2)3)19-14(20)12-13(17-9-16-12)18(4)15(19)21/h9,11H,2,5-8H2,1,3-4H3,(H,16,17). The molecule has 0 aliphatic rings. The Labute approximate surface area is 123 Å². The number of allylic oxidation sites excluding steroid dienone is 1. The van der Waals surface area contributed by atoms with Gasteiger partial charge in [0.2, 0.25) is 0 Å². The van der Waals surface area contributed by atoms with Crippen molar-refractivity contribution in [2.45, 2.75) is 45.6 Å². The fraction of sp³-hybridized carbons (Fsp3) is 0.533. The van der Waals surface area contributed by atoms with Gasteiger partial charge in [0, 0.05) is 13.1 Å². The van der Waals surface area contributed by atoms with Gasteiger partial charge >= 0.3 is 5.69 Å². The van der Waals surface area contributed by atoms with E-state index in [1.54, 1.807) is 7.05 Å². The van der Waals surface area contributed by atoms with Crippen molar-refractivity contribution >= 4 is 11.2 Å². The number of fused-ring (bicyclic) bond motifs is 1. The van der Waals surface area contributed by atoms with Crippen LogP contribution < -0.4 is 11.2 Å². The molecular weight excluding hydrogens is 268 g/mol. The molecule has 0 saturated heterocycles. The Morgan fingerprint density at radius 2 is 2.19 bits per heavy atom. The van der Waals surface area contributed by atoms with Gasteiger partial charge in [-0.2, -0.15) is 0 Å². The van der Waals surface area contributed by atoms with Crippen LogP contribution in [0.5, 0.6) is 0 Å². The first-order valence-electron chi connectivity index (χ1n) is 7.26. The highest BCUT2D eigenvalue weighted by Crippen LogP contribution is 2.20. The lowest BCUT2D eigenvalue weighted by molar-refractivity contribution is 0.413. The second-order valence-corrected chi connectivity index (χ2v) is 5.58. The molecule has 2 aromatic rings. The van der Waals surface area contributed by atoms with Crippen molar-refractivity contribution in [3.05, 3.63) is 39.3 Å².